The summed E-state index contributed by atoms with van der Waals surface area (Å²) >= 11 is 0. The van der Waals surface area contributed by atoms with Crippen LogP contribution >= 0.6 is 0 Å². The smallest absolute Gasteiger partial charge is 0.328 e. The topological polar surface area (TPSA) is 192 Å². The lowest BCUT2D eigenvalue weighted by Gasteiger charge is -2.32. The first-order valence-electron chi connectivity index (χ1n) is 18.3. The number of furan rings is 1. The minimum Gasteiger partial charge on any atom is -0.494 e. The quantitative estimate of drug-likeness (QED) is 0.0383. The van der Waals surface area contributed by atoms with Crippen molar-refractivity contribution >= 4 is 36.1 Å². The third-order valence-corrected chi connectivity index (χ3v) is 8.76. The molecular weight excluding hydrogens is 712 g/mol. The molecule has 0 radical (unpaired) electrons. The molecule has 0 bridgehead atoms. The number of unbranched alkanes of at least 4 members (excludes halogenated alkanes) is 2. The van der Waals surface area contributed by atoms with E-state index in [4.69, 9.17) is 18.7 Å². The highest BCUT2D eigenvalue weighted by atomic mass is 16.7. The third kappa shape index (κ3) is 13.6. The maximum absolute atomic E-state index is 13.5. The normalized spacial score (nSPS) is 12.4. The van der Waals surface area contributed by atoms with E-state index in [0.717, 1.165) is 31.9 Å². The van der Waals surface area contributed by atoms with Crippen molar-refractivity contribution in [3.8, 4) is 17.1 Å². The largest absolute Gasteiger partial charge is 0.494 e. The molecule has 3 N–H and O–H groups in total. The van der Waals surface area contributed by atoms with E-state index in [1.54, 1.807) is 31.2 Å². The van der Waals surface area contributed by atoms with Gasteiger partial charge in [0.25, 0.3) is 5.91 Å². The highest BCUT2D eigenvalue weighted by molar-refractivity contribution is 5.92. The van der Waals surface area contributed by atoms with Gasteiger partial charge in [-0.1, -0.05) is 75.6 Å². The monoisotopic (exact) mass is 764 g/mol. The molecule has 0 saturated heterocycles. The van der Waals surface area contributed by atoms with E-state index in [-0.39, 0.29) is 38.0 Å². The molecule has 3 aromatic rings. The highest BCUT2D eigenvalue weighted by Gasteiger charge is 2.32. The lowest BCUT2D eigenvalue weighted by molar-refractivity contribution is -0.200. The Bertz CT molecular complexity index is 1710. The van der Waals surface area contributed by atoms with Crippen LogP contribution in [0, 0.1) is 5.92 Å². The first-order chi connectivity index (χ1) is 26.6. The van der Waals surface area contributed by atoms with E-state index in [0.29, 0.717) is 41.9 Å². The lowest BCUT2D eigenvalue weighted by Crippen LogP contribution is -2.48. The van der Waals surface area contributed by atoms with E-state index in [2.05, 4.69) is 27.6 Å². The molecule has 1 aromatic heterocycles. The summed E-state index contributed by atoms with van der Waals surface area (Å²) in [5, 5.41) is 9.16. The fourth-order valence-electron chi connectivity index (χ4n) is 5.87. The molecule has 15 nitrogen and oxygen atoms in total. The average molecular weight is 765 g/mol. The van der Waals surface area contributed by atoms with Gasteiger partial charge in [-0.2, -0.15) is 0 Å². The van der Waals surface area contributed by atoms with Gasteiger partial charge in [-0.05, 0) is 43.5 Å². The van der Waals surface area contributed by atoms with Crippen LogP contribution in [0.15, 0.2) is 65.1 Å². The molecule has 1 heterocycles. The first-order valence-corrected chi connectivity index (χ1v) is 18.3. The maximum Gasteiger partial charge on any atom is 0.328 e. The number of hydroxylamine groups is 2. The van der Waals surface area contributed by atoms with Gasteiger partial charge in [-0.3, -0.25) is 28.8 Å². The fourth-order valence-corrected chi connectivity index (χ4v) is 5.87. The van der Waals surface area contributed by atoms with Crippen molar-refractivity contribution in [3.05, 3.63) is 77.6 Å². The van der Waals surface area contributed by atoms with Gasteiger partial charge in [0.2, 0.25) is 18.2 Å². The summed E-state index contributed by atoms with van der Waals surface area (Å²) in [4.78, 5) is 81.2. The van der Waals surface area contributed by atoms with Crippen LogP contribution in [0.3, 0.4) is 0 Å². The molecule has 0 aliphatic carbocycles. The van der Waals surface area contributed by atoms with Gasteiger partial charge >= 0.3 is 11.9 Å². The van der Waals surface area contributed by atoms with Crippen LogP contribution < -0.4 is 20.7 Å². The fraction of sp³-hybridized carbons (Fsp3) is 0.450. The summed E-state index contributed by atoms with van der Waals surface area (Å²) in [6.45, 7) is 6.02. The molecule has 55 heavy (non-hydrogen) atoms. The zero-order chi connectivity index (χ0) is 40.2. The number of hydrogen-bond donors (Lipinski definition) is 3. The van der Waals surface area contributed by atoms with E-state index in [1.807, 2.05) is 37.3 Å². The number of methoxy groups -OCH3 is 2. The molecule has 0 fully saturated rings. The van der Waals surface area contributed by atoms with Crippen molar-refractivity contribution in [1.82, 2.24) is 21.0 Å². The zero-order valence-electron chi connectivity index (χ0n) is 32.1. The average Bonchev–Trinajstić information content (AvgIpc) is 3.70. The number of amides is 4. The van der Waals surface area contributed by atoms with Crippen LogP contribution in [0.2, 0.25) is 0 Å². The Kier molecular flexibility index (Phi) is 18.4. The number of esters is 2. The van der Waals surface area contributed by atoms with E-state index in [1.165, 1.54) is 18.2 Å². The van der Waals surface area contributed by atoms with Crippen molar-refractivity contribution in [2.45, 2.75) is 84.4 Å². The maximum atomic E-state index is 13.5. The van der Waals surface area contributed by atoms with Gasteiger partial charge in [-0.25, -0.2) is 9.86 Å². The molecule has 3 atom stereocenters. The Morgan fingerprint density at radius 3 is 2.33 bits per heavy atom. The molecule has 4 amide bonds. The Balaban J connectivity index is 1.65. The summed E-state index contributed by atoms with van der Waals surface area (Å²) in [7, 11) is 2.32. The van der Waals surface area contributed by atoms with Crippen LogP contribution in [-0.4, -0.2) is 80.7 Å². The van der Waals surface area contributed by atoms with Crippen molar-refractivity contribution in [3.63, 3.8) is 0 Å². The summed E-state index contributed by atoms with van der Waals surface area (Å²) in [5.41, 5.74) is 1.95. The molecule has 298 valence electrons. The minimum atomic E-state index is -1.22. The number of benzene rings is 2. The summed E-state index contributed by atoms with van der Waals surface area (Å²) in [6, 6.07) is 15.8. The predicted molar refractivity (Wildman–Crippen MR) is 201 cm³/mol. The van der Waals surface area contributed by atoms with Gasteiger partial charge in [-0.15, -0.1) is 0 Å². The molecule has 2 aromatic carbocycles. The minimum absolute atomic E-state index is 0.00232. The number of nitrogens with one attached hydrogen (secondary N) is 3. The van der Waals surface area contributed by atoms with E-state index in [9.17, 15) is 28.8 Å². The molecule has 0 spiro atoms. The molecule has 15 heteroatoms. The summed E-state index contributed by atoms with van der Waals surface area (Å²) < 4.78 is 20.9. The third-order valence-electron chi connectivity index (χ3n) is 8.76. The van der Waals surface area contributed by atoms with Gasteiger partial charge in [0, 0.05) is 11.1 Å². The van der Waals surface area contributed by atoms with Gasteiger partial charge in [0.05, 0.1) is 52.3 Å². The summed E-state index contributed by atoms with van der Waals surface area (Å²) in [5.74, 6) is -2.76. The van der Waals surface area contributed by atoms with Crippen LogP contribution in [0.5, 0.6) is 5.75 Å². The molecule has 3 rings (SSSR count). The van der Waals surface area contributed by atoms with Crippen molar-refractivity contribution in [2.75, 3.05) is 27.5 Å². The molecule has 0 saturated carbocycles. The number of nitrogens with zero attached hydrogens (tertiary/aromatic N) is 1. The SMILES string of the molecule is CCCCCC(C(=O)NCNC(=O)c1ccc(-c2ccc(CC(=O)NC(CC(=O)OC)C(=O)OC)c(OCC)c2)o1)[C@@H](CC)N(C=O)OCc1ccccc1. The van der Waals surface area contributed by atoms with Gasteiger partial charge < -0.3 is 34.6 Å². The second-order valence-corrected chi connectivity index (χ2v) is 12.5. The van der Waals surface area contributed by atoms with Gasteiger partial charge in [0.15, 0.2) is 5.76 Å². The number of rotatable bonds is 24. The Hall–Kier alpha value is -5.70. The number of hydrogen-bond acceptors (Lipinski definition) is 11. The van der Waals surface area contributed by atoms with Crippen molar-refractivity contribution in [2.24, 2.45) is 5.92 Å². The van der Waals surface area contributed by atoms with Crippen LogP contribution in [0.1, 0.15) is 81.0 Å². The Morgan fingerprint density at radius 1 is 0.909 bits per heavy atom. The number of ether oxygens (including phenoxy) is 3. The van der Waals surface area contributed by atoms with Crippen molar-refractivity contribution in [1.29, 1.82) is 0 Å². The predicted octanol–water partition coefficient (Wildman–Crippen LogP) is 4.48. The van der Waals surface area contributed by atoms with Crippen LogP contribution in [0.25, 0.3) is 11.3 Å². The summed E-state index contributed by atoms with van der Waals surface area (Å²) in [6.07, 6.45) is 3.71. The van der Waals surface area contributed by atoms with Crippen LogP contribution in [-0.2, 0) is 51.3 Å². The number of carbonyl (C=O) groups excluding carboxylic acids is 6. The zero-order valence-corrected chi connectivity index (χ0v) is 32.1. The highest BCUT2D eigenvalue weighted by Crippen LogP contribution is 2.30. The molecule has 0 aliphatic rings. The standard InChI is InChI=1S/C40H52N4O11/c1-6-9-11-16-30(32(7-2)44(26-45)54-24-27-14-12-10-13-15-27)38(48)41-25-42-39(49)34-20-19-33(55-34)28-17-18-29(35(21-28)53-8-3)22-36(46)43-31(40(50)52-5)23-37(47)51-4/h10,12-15,17-21,26,30-32H,6-9,11,16,22-25H2,1-5H3,(H,41,48)(H,42,49)(H,43,46)/t30?,31?,32-/m1/s1. The lowest BCUT2D eigenvalue weighted by atomic mass is 9.90. The molecule has 2 unspecified atom stereocenters. The molecular formula is C40H52N4O11. The first kappa shape index (κ1) is 43.7. The van der Waals surface area contributed by atoms with Crippen molar-refractivity contribution < 1.29 is 52.2 Å². The second-order valence-electron chi connectivity index (χ2n) is 12.5. The Morgan fingerprint density at radius 2 is 1.67 bits per heavy atom. The number of carbonyl (C=O) groups is 6. The second kappa shape index (κ2) is 23.2. The van der Waals surface area contributed by atoms with Gasteiger partial charge in [0.1, 0.15) is 24.2 Å². The van der Waals surface area contributed by atoms with E-state index >= 15 is 0 Å². The molecule has 0 aliphatic heterocycles. The van der Waals surface area contributed by atoms with Crippen LogP contribution in [0.4, 0.5) is 0 Å². The van der Waals surface area contributed by atoms with E-state index < -0.39 is 48.2 Å². The Labute approximate surface area is 321 Å².